The van der Waals surface area contributed by atoms with Crippen molar-refractivity contribution >= 4 is 22.9 Å². The molecule has 0 aliphatic rings. The predicted molar refractivity (Wildman–Crippen MR) is 83.4 cm³/mol. The first-order valence-corrected chi connectivity index (χ1v) is 7.75. The van der Waals surface area contributed by atoms with Gasteiger partial charge in [0.2, 0.25) is 0 Å². The number of halogens is 3. The lowest BCUT2D eigenvalue weighted by Crippen LogP contribution is -2.17. The zero-order valence-electron chi connectivity index (χ0n) is 12.6. The van der Waals surface area contributed by atoms with Gasteiger partial charge in [0.25, 0.3) is 11.8 Å². The van der Waals surface area contributed by atoms with Crippen LogP contribution in [0.5, 0.6) is 5.75 Å². The van der Waals surface area contributed by atoms with E-state index in [9.17, 15) is 18.0 Å². The first-order valence-electron chi connectivity index (χ1n) is 6.87. The van der Waals surface area contributed by atoms with E-state index in [4.69, 9.17) is 4.52 Å². The normalized spacial score (nSPS) is 11.4. The number of aromatic nitrogens is 2. The van der Waals surface area contributed by atoms with Gasteiger partial charge in [-0.15, -0.1) is 24.5 Å². The Labute approximate surface area is 143 Å². The van der Waals surface area contributed by atoms with E-state index < -0.39 is 18.0 Å². The quantitative estimate of drug-likeness (QED) is 0.744. The summed E-state index contributed by atoms with van der Waals surface area (Å²) in [5, 5.41) is 8.10. The third-order valence-corrected chi connectivity index (χ3v) is 3.89. The number of anilines is 1. The highest BCUT2D eigenvalue weighted by Gasteiger charge is 2.31. The number of alkyl halides is 3. The number of ether oxygens (including phenoxy) is 1. The molecule has 0 spiro atoms. The van der Waals surface area contributed by atoms with Gasteiger partial charge in [0.05, 0.1) is 5.69 Å². The number of amides is 1. The molecule has 2 aromatic heterocycles. The van der Waals surface area contributed by atoms with Gasteiger partial charge in [0.15, 0.2) is 5.82 Å². The third-order valence-electron chi connectivity index (χ3n) is 2.99. The summed E-state index contributed by atoms with van der Waals surface area (Å²) in [6.45, 7) is 1.67. The van der Waals surface area contributed by atoms with Gasteiger partial charge in [-0.1, -0.05) is 5.16 Å². The smallest absolute Gasteiger partial charge is 0.406 e. The fourth-order valence-corrected chi connectivity index (χ4v) is 2.74. The highest BCUT2D eigenvalue weighted by atomic mass is 32.1. The maximum atomic E-state index is 12.3. The molecule has 130 valence electrons. The number of benzene rings is 1. The van der Waals surface area contributed by atoms with Crippen LogP contribution in [-0.4, -0.2) is 22.4 Å². The van der Waals surface area contributed by atoms with Crippen LogP contribution < -0.4 is 10.1 Å². The number of hydrogen-bond acceptors (Lipinski definition) is 6. The topological polar surface area (TPSA) is 77.2 Å². The van der Waals surface area contributed by atoms with Gasteiger partial charge in [-0.3, -0.25) is 4.79 Å². The largest absolute Gasteiger partial charge is 0.573 e. The molecule has 1 aromatic carbocycles. The van der Waals surface area contributed by atoms with E-state index in [-0.39, 0.29) is 11.5 Å². The Morgan fingerprint density at radius 1 is 1.24 bits per heavy atom. The average Bonchev–Trinajstić information content (AvgIpc) is 3.15. The highest BCUT2D eigenvalue weighted by molar-refractivity contribution is 7.14. The van der Waals surface area contributed by atoms with E-state index in [0.717, 1.165) is 12.1 Å². The molecule has 0 atom stereocenters. The Kier molecular flexibility index (Phi) is 4.45. The molecule has 1 N–H and O–H groups in total. The molecule has 2 heterocycles. The molecule has 0 unspecified atom stereocenters. The van der Waals surface area contributed by atoms with Crippen molar-refractivity contribution in [3.05, 3.63) is 47.1 Å². The maximum absolute atomic E-state index is 12.3. The molecule has 25 heavy (non-hydrogen) atoms. The van der Waals surface area contributed by atoms with Gasteiger partial charge < -0.3 is 14.6 Å². The van der Waals surface area contributed by atoms with E-state index in [1.165, 1.54) is 23.5 Å². The summed E-state index contributed by atoms with van der Waals surface area (Å²) in [6, 6.07) is 6.27. The minimum absolute atomic E-state index is 0.174. The summed E-state index contributed by atoms with van der Waals surface area (Å²) in [6.07, 6.45) is -4.78. The van der Waals surface area contributed by atoms with Crippen molar-refractivity contribution in [3.8, 4) is 16.5 Å². The summed E-state index contributed by atoms with van der Waals surface area (Å²) >= 11 is 1.31. The molecule has 3 aromatic rings. The van der Waals surface area contributed by atoms with Gasteiger partial charge in [-0.25, -0.2) is 0 Å². The highest BCUT2D eigenvalue weighted by Crippen LogP contribution is 2.33. The Morgan fingerprint density at radius 3 is 2.56 bits per heavy atom. The first kappa shape index (κ1) is 17.0. The van der Waals surface area contributed by atoms with Crippen molar-refractivity contribution in [1.29, 1.82) is 0 Å². The van der Waals surface area contributed by atoms with Crippen molar-refractivity contribution in [3.63, 3.8) is 0 Å². The van der Waals surface area contributed by atoms with Gasteiger partial charge >= 0.3 is 6.36 Å². The van der Waals surface area contributed by atoms with Crippen LogP contribution in [0.4, 0.5) is 18.9 Å². The number of carbonyl (C=O) groups is 1. The zero-order chi connectivity index (χ0) is 18.0. The molecule has 10 heteroatoms. The Morgan fingerprint density at radius 2 is 1.96 bits per heavy atom. The molecule has 0 saturated heterocycles. The lowest BCUT2D eigenvalue weighted by molar-refractivity contribution is -0.274. The number of nitrogens with one attached hydrogen (secondary N) is 1. The molecule has 0 fully saturated rings. The molecule has 6 nitrogen and oxygen atoms in total. The Bertz CT molecular complexity index is 887. The third kappa shape index (κ3) is 4.15. The molecule has 0 saturated carbocycles. The van der Waals surface area contributed by atoms with Gasteiger partial charge in [0.1, 0.15) is 10.6 Å². The van der Waals surface area contributed by atoms with Crippen molar-refractivity contribution < 1.29 is 27.2 Å². The van der Waals surface area contributed by atoms with Crippen molar-refractivity contribution in [2.24, 2.45) is 0 Å². The predicted octanol–water partition coefficient (Wildman–Crippen LogP) is 4.26. The van der Waals surface area contributed by atoms with Crippen molar-refractivity contribution in [2.45, 2.75) is 13.3 Å². The molecule has 0 aliphatic carbocycles. The second-order valence-corrected chi connectivity index (χ2v) is 5.75. The van der Waals surface area contributed by atoms with Gasteiger partial charge in [-0.2, -0.15) is 4.98 Å². The van der Waals surface area contributed by atoms with Gasteiger partial charge in [-0.05, 0) is 42.6 Å². The maximum Gasteiger partial charge on any atom is 0.573 e. The van der Waals surface area contributed by atoms with Gasteiger partial charge in [0, 0.05) is 5.56 Å². The summed E-state index contributed by atoms with van der Waals surface area (Å²) in [7, 11) is 0. The lowest BCUT2D eigenvalue weighted by atomic mass is 10.2. The van der Waals surface area contributed by atoms with Crippen LogP contribution in [0.3, 0.4) is 0 Å². The summed E-state index contributed by atoms with van der Waals surface area (Å²) in [5.41, 5.74) is 0.641. The van der Waals surface area contributed by atoms with Crippen LogP contribution in [-0.2, 0) is 0 Å². The fraction of sp³-hybridized carbons (Fsp3) is 0.133. The summed E-state index contributed by atoms with van der Waals surface area (Å²) < 4.78 is 45.3. The molecule has 3 rings (SSSR count). The molecule has 0 radical (unpaired) electrons. The standard InChI is InChI=1S/C15H10F3N3O3S/c1-8-19-14(24-21-8)12-11(6-7-25-12)20-13(22)9-2-4-10(5-3-9)23-15(16,17)18/h2-7H,1H3,(H,20,22). The molecule has 0 bridgehead atoms. The van der Waals surface area contributed by atoms with Crippen LogP contribution in [0.1, 0.15) is 16.2 Å². The number of nitrogens with zero attached hydrogens (tertiary/aromatic N) is 2. The van der Waals surface area contributed by atoms with E-state index in [0.29, 0.717) is 16.4 Å². The van der Waals surface area contributed by atoms with E-state index in [1.807, 2.05) is 0 Å². The van der Waals surface area contributed by atoms with Crippen molar-refractivity contribution in [1.82, 2.24) is 10.1 Å². The monoisotopic (exact) mass is 369 g/mol. The fourth-order valence-electron chi connectivity index (χ4n) is 1.97. The van der Waals surface area contributed by atoms with Crippen LogP contribution in [0.25, 0.3) is 10.8 Å². The minimum Gasteiger partial charge on any atom is -0.406 e. The first-order chi connectivity index (χ1) is 11.8. The molecular weight excluding hydrogens is 359 g/mol. The minimum atomic E-state index is -4.78. The molecule has 1 amide bonds. The number of rotatable bonds is 4. The lowest BCUT2D eigenvalue weighted by Gasteiger charge is -2.09. The van der Waals surface area contributed by atoms with Crippen LogP contribution in [0, 0.1) is 6.92 Å². The number of carbonyl (C=O) groups excluding carboxylic acids is 1. The van der Waals surface area contributed by atoms with Crippen molar-refractivity contribution in [2.75, 3.05) is 5.32 Å². The van der Waals surface area contributed by atoms with Crippen LogP contribution in [0.2, 0.25) is 0 Å². The van der Waals surface area contributed by atoms with Crippen LogP contribution in [0.15, 0.2) is 40.2 Å². The van der Waals surface area contributed by atoms with Crippen LogP contribution >= 0.6 is 11.3 Å². The zero-order valence-corrected chi connectivity index (χ0v) is 13.4. The van der Waals surface area contributed by atoms with E-state index >= 15 is 0 Å². The van der Waals surface area contributed by atoms with E-state index in [2.05, 4.69) is 20.2 Å². The number of thiophene rings is 1. The van der Waals surface area contributed by atoms with E-state index in [1.54, 1.807) is 18.4 Å². The number of hydrogen-bond donors (Lipinski definition) is 1. The number of aryl methyl sites for hydroxylation is 1. The molecule has 0 aliphatic heterocycles. The SMILES string of the molecule is Cc1noc(-c2sccc2NC(=O)c2ccc(OC(F)(F)F)cc2)n1. The average molecular weight is 369 g/mol. The molecular formula is C15H10F3N3O3S. The summed E-state index contributed by atoms with van der Waals surface area (Å²) in [4.78, 5) is 16.9. The second-order valence-electron chi connectivity index (χ2n) is 4.84. The Hall–Kier alpha value is -2.88. The Balaban J connectivity index is 1.74. The summed E-state index contributed by atoms with van der Waals surface area (Å²) in [5.74, 6) is -0.159. The second kappa shape index (κ2) is 6.55.